The molecule has 0 atom stereocenters. The second-order valence-electron chi connectivity index (χ2n) is 7.91. The standard InChI is InChI=1S/C25H25N3O5S2/c1-34-11-10-28(14-23(29)30)24(31)21-12-26-22(35-21)13-27-25(32)33-15-20-18-8-4-2-6-16(18)17-7-3-5-9-19(17)20/h2-9,12,20H,10-11,13-15H2,1H3,(H,27,32)(H,29,30). The largest absolute Gasteiger partial charge is 0.480 e. The van der Waals surface area contributed by atoms with Crippen molar-refractivity contribution < 1.29 is 24.2 Å². The third-order valence-corrected chi connectivity index (χ3v) is 7.25. The third-order valence-electron chi connectivity index (χ3n) is 5.67. The summed E-state index contributed by atoms with van der Waals surface area (Å²) in [6.45, 7) is 0.279. The molecule has 1 aliphatic carbocycles. The van der Waals surface area contributed by atoms with E-state index in [-0.39, 0.29) is 31.5 Å². The van der Waals surface area contributed by atoms with E-state index in [1.165, 1.54) is 22.9 Å². The van der Waals surface area contributed by atoms with Gasteiger partial charge in [0.15, 0.2) is 0 Å². The van der Waals surface area contributed by atoms with Crippen molar-refractivity contribution in [3.63, 3.8) is 0 Å². The van der Waals surface area contributed by atoms with E-state index in [4.69, 9.17) is 9.84 Å². The highest BCUT2D eigenvalue weighted by Crippen LogP contribution is 2.44. The van der Waals surface area contributed by atoms with Crippen molar-refractivity contribution in [3.8, 4) is 11.1 Å². The molecule has 1 aromatic heterocycles. The zero-order chi connectivity index (χ0) is 24.8. The molecule has 0 saturated heterocycles. The number of amides is 2. The predicted molar refractivity (Wildman–Crippen MR) is 136 cm³/mol. The lowest BCUT2D eigenvalue weighted by Crippen LogP contribution is -2.36. The number of thiazole rings is 1. The lowest BCUT2D eigenvalue weighted by atomic mass is 9.98. The number of ether oxygens (including phenoxy) is 1. The maximum atomic E-state index is 12.7. The fourth-order valence-electron chi connectivity index (χ4n) is 4.06. The average Bonchev–Trinajstić information content (AvgIpc) is 3.46. The van der Waals surface area contributed by atoms with E-state index in [1.807, 2.05) is 30.5 Å². The first kappa shape index (κ1) is 24.7. The minimum absolute atomic E-state index is 0.0289. The van der Waals surface area contributed by atoms with Gasteiger partial charge < -0.3 is 20.1 Å². The number of carbonyl (C=O) groups is 3. The number of carboxylic acids is 1. The summed E-state index contributed by atoms with van der Waals surface area (Å²) >= 11 is 2.66. The summed E-state index contributed by atoms with van der Waals surface area (Å²) in [7, 11) is 0. The van der Waals surface area contributed by atoms with E-state index in [2.05, 4.69) is 34.6 Å². The van der Waals surface area contributed by atoms with E-state index in [9.17, 15) is 14.4 Å². The van der Waals surface area contributed by atoms with Crippen LogP contribution in [0.5, 0.6) is 0 Å². The molecule has 1 heterocycles. The van der Waals surface area contributed by atoms with Gasteiger partial charge in [-0.2, -0.15) is 11.8 Å². The van der Waals surface area contributed by atoms with Crippen LogP contribution in [0.15, 0.2) is 54.7 Å². The molecule has 182 valence electrons. The maximum absolute atomic E-state index is 12.7. The molecule has 2 N–H and O–H groups in total. The Hall–Kier alpha value is -3.37. The van der Waals surface area contributed by atoms with Crippen LogP contribution in [0.1, 0.15) is 31.7 Å². The monoisotopic (exact) mass is 511 g/mol. The number of aliphatic carboxylic acids is 1. The number of fused-ring (bicyclic) bond motifs is 3. The molecule has 0 spiro atoms. The maximum Gasteiger partial charge on any atom is 0.407 e. The summed E-state index contributed by atoms with van der Waals surface area (Å²) in [5.74, 6) is -0.847. The molecule has 0 fully saturated rings. The van der Waals surface area contributed by atoms with Crippen LogP contribution in [0.3, 0.4) is 0 Å². The first-order chi connectivity index (χ1) is 17.0. The van der Waals surface area contributed by atoms with Crippen LogP contribution in [0.2, 0.25) is 0 Å². The minimum Gasteiger partial charge on any atom is -0.480 e. The second-order valence-corrected chi connectivity index (χ2v) is 10.0. The topological polar surface area (TPSA) is 109 Å². The van der Waals surface area contributed by atoms with Crippen LogP contribution < -0.4 is 5.32 Å². The Bertz CT molecular complexity index is 1180. The highest BCUT2D eigenvalue weighted by atomic mass is 32.2. The van der Waals surface area contributed by atoms with Gasteiger partial charge >= 0.3 is 12.1 Å². The molecule has 4 rings (SSSR count). The Morgan fingerprint density at radius 3 is 2.40 bits per heavy atom. The summed E-state index contributed by atoms with van der Waals surface area (Å²) in [6.07, 6.45) is 2.74. The number of nitrogens with one attached hydrogen (secondary N) is 1. The van der Waals surface area contributed by atoms with Crippen LogP contribution in [0.4, 0.5) is 4.79 Å². The van der Waals surface area contributed by atoms with Crippen LogP contribution in [-0.4, -0.2) is 64.7 Å². The highest BCUT2D eigenvalue weighted by molar-refractivity contribution is 7.98. The first-order valence-corrected chi connectivity index (χ1v) is 13.2. The SMILES string of the molecule is CSCCN(CC(=O)O)C(=O)c1cnc(CNC(=O)OCC2c3ccccc3-c3ccccc32)s1. The van der Waals surface area contributed by atoms with Crippen LogP contribution in [-0.2, 0) is 16.1 Å². The molecule has 0 radical (unpaired) electrons. The number of aromatic nitrogens is 1. The summed E-state index contributed by atoms with van der Waals surface area (Å²) in [4.78, 5) is 42.0. The highest BCUT2D eigenvalue weighted by Gasteiger charge is 2.29. The van der Waals surface area contributed by atoms with Crippen LogP contribution in [0.25, 0.3) is 11.1 Å². The summed E-state index contributed by atoms with van der Waals surface area (Å²) in [6, 6.07) is 16.2. The van der Waals surface area contributed by atoms with Gasteiger partial charge in [0.25, 0.3) is 5.91 Å². The number of hydrogen-bond donors (Lipinski definition) is 2. The lowest BCUT2D eigenvalue weighted by Gasteiger charge is -2.19. The Labute approximate surface area is 211 Å². The Balaban J connectivity index is 1.32. The number of alkyl carbamates (subject to hydrolysis) is 1. The van der Waals surface area contributed by atoms with E-state index < -0.39 is 12.1 Å². The summed E-state index contributed by atoms with van der Waals surface area (Å²) in [5, 5.41) is 12.3. The van der Waals surface area contributed by atoms with Gasteiger partial charge in [0.05, 0.1) is 12.7 Å². The molecule has 0 bridgehead atoms. The minimum atomic E-state index is -1.07. The van der Waals surface area contributed by atoms with E-state index in [0.717, 1.165) is 33.6 Å². The van der Waals surface area contributed by atoms with Crippen LogP contribution >= 0.6 is 23.1 Å². The van der Waals surface area contributed by atoms with Gasteiger partial charge in [0.2, 0.25) is 0 Å². The van der Waals surface area contributed by atoms with E-state index in [1.54, 1.807) is 0 Å². The molecule has 8 nitrogen and oxygen atoms in total. The molecular weight excluding hydrogens is 486 g/mol. The zero-order valence-electron chi connectivity index (χ0n) is 19.1. The van der Waals surface area contributed by atoms with Gasteiger partial charge in [-0.05, 0) is 28.5 Å². The molecule has 1 aliphatic rings. The number of benzene rings is 2. The Morgan fingerprint density at radius 1 is 1.11 bits per heavy atom. The van der Waals surface area contributed by atoms with Crippen molar-refractivity contribution in [2.24, 2.45) is 0 Å². The lowest BCUT2D eigenvalue weighted by molar-refractivity contribution is -0.137. The normalized spacial score (nSPS) is 12.0. The van der Waals surface area contributed by atoms with Gasteiger partial charge in [0, 0.05) is 18.2 Å². The van der Waals surface area contributed by atoms with Gasteiger partial charge in [-0.15, -0.1) is 11.3 Å². The van der Waals surface area contributed by atoms with Crippen LogP contribution in [0, 0.1) is 0 Å². The first-order valence-electron chi connectivity index (χ1n) is 11.0. The molecule has 2 amide bonds. The van der Waals surface area contributed by atoms with Crippen molar-refractivity contribution in [2.75, 3.05) is 31.7 Å². The molecule has 2 aromatic carbocycles. The Morgan fingerprint density at radius 2 is 1.77 bits per heavy atom. The summed E-state index contributed by atoms with van der Waals surface area (Å²) < 4.78 is 5.53. The van der Waals surface area contributed by atoms with E-state index >= 15 is 0 Å². The third kappa shape index (κ3) is 5.83. The number of nitrogens with zero attached hydrogens (tertiary/aromatic N) is 2. The molecular formula is C25H25N3O5S2. The molecule has 0 unspecified atom stereocenters. The van der Waals surface area contributed by atoms with Crippen molar-refractivity contribution in [1.29, 1.82) is 0 Å². The summed E-state index contributed by atoms with van der Waals surface area (Å²) in [5.41, 5.74) is 4.59. The van der Waals surface area contributed by atoms with Crippen molar-refractivity contribution in [1.82, 2.24) is 15.2 Å². The molecule has 0 saturated carbocycles. The Kier molecular flexibility index (Phi) is 8.04. The fourth-order valence-corrected chi connectivity index (χ4v) is 5.29. The van der Waals surface area contributed by atoms with Crippen molar-refractivity contribution >= 4 is 41.1 Å². The smallest absolute Gasteiger partial charge is 0.407 e. The van der Waals surface area contributed by atoms with Gasteiger partial charge in [-0.25, -0.2) is 9.78 Å². The second kappa shape index (κ2) is 11.4. The van der Waals surface area contributed by atoms with Crippen molar-refractivity contribution in [2.45, 2.75) is 12.5 Å². The van der Waals surface area contributed by atoms with Crippen molar-refractivity contribution in [3.05, 3.63) is 75.7 Å². The molecule has 35 heavy (non-hydrogen) atoms. The molecule has 0 aliphatic heterocycles. The predicted octanol–water partition coefficient (Wildman–Crippen LogP) is 4.07. The number of carboxylic acid groups (broad SMARTS) is 1. The van der Waals surface area contributed by atoms with Gasteiger partial charge in [-0.1, -0.05) is 48.5 Å². The number of hydrogen-bond acceptors (Lipinski definition) is 7. The van der Waals surface area contributed by atoms with E-state index in [0.29, 0.717) is 22.2 Å². The quantitative estimate of drug-likeness (QED) is 0.422. The number of thioether (sulfide) groups is 1. The average molecular weight is 512 g/mol. The molecule has 3 aromatic rings. The zero-order valence-corrected chi connectivity index (χ0v) is 20.7. The fraction of sp³-hybridized carbons (Fsp3) is 0.280. The van der Waals surface area contributed by atoms with Gasteiger partial charge in [-0.3, -0.25) is 9.59 Å². The molecule has 10 heteroatoms. The number of rotatable bonds is 10. The van der Waals surface area contributed by atoms with Gasteiger partial charge in [0.1, 0.15) is 23.0 Å². The number of carbonyl (C=O) groups excluding carboxylic acids is 2.